The summed E-state index contributed by atoms with van der Waals surface area (Å²) in [5.41, 5.74) is 0.557. The van der Waals surface area contributed by atoms with Crippen molar-refractivity contribution < 1.29 is 39.1 Å². The average molecular weight is 685 g/mol. The van der Waals surface area contributed by atoms with Gasteiger partial charge in [-0.15, -0.1) is 0 Å². The summed E-state index contributed by atoms with van der Waals surface area (Å²) in [5, 5.41) is 31.0. The van der Waals surface area contributed by atoms with E-state index in [0.717, 1.165) is 4.90 Å². The number of methoxy groups -OCH3 is 1. The number of carbonyl (C=O) groups is 4. The first kappa shape index (κ1) is 30.4. The lowest BCUT2D eigenvalue weighted by atomic mass is 9.51. The van der Waals surface area contributed by atoms with Gasteiger partial charge in [0.25, 0.3) is 0 Å². The van der Waals surface area contributed by atoms with Crippen LogP contribution in [-0.4, -0.2) is 53.0 Å². The van der Waals surface area contributed by atoms with Gasteiger partial charge < -0.3 is 19.9 Å². The van der Waals surface area contributed by atoms with E-state index in [1.165, 1.54) is 24.1 Å². The molecule has 3 N–H and O–H groups in total. The fraction of sp³-hybridized carbons (Fsp3) is 0.294. The highest BCUT2D eigenvalue weighted by molar-refractivity contribution is 9.10. The van der Waals surface area contributed by atoms with E-state index in [1.54, 1.807) is 61.5 Å². The molecule has 0 aromatic heterocycles. The Balaban J connectivity index is 1.39. The number of phenolic OH excluding ortho intramolecular Hbond substituents is 1. The number of hydrogen-bond donors (Lipinski definition) is 3. The van der Waals surface area contributed by atoms with Gasteiger partial charge in [-0.3, -0.25) is 24.1 Å². The lowest BCUT2D eigenvalue weighted by Crippen LogP contribution is -2.49. The number of rotatable bonds is 5. The number of imide groups is 2. The maximum Gasteiger partial charge on any atom is 0.488 e. The van der Waals surface area contributed by atoms with Crippen molar-refractivity contribution in [2.75, 3.05) is 16.9 Å². The third-order valence-electron chi connectivity index (χ3n) is 10.3. The fourth-order valence-corrected chi connectivity index (χ4v) is 8.69. The van der Waals surface area contributed by atoms with E-state index in [0.29, 0.717) is 21.3 Å². The number of para-hydroxylation sites is 1. The summed E-state index contributed by atoms with van der Waals surface area (Å²) >= 11 is 3.51. The molecule has 0 radical (unpaired) electrons. The van der Waals surface area contributed by atoms with Crippen LogP contribution in [0.4, 0.5) is 11.4 Å². The van der Waals surface area contributed by atoms with Gasteiger partial charge in [0.15, 0.2) is 11.5 Å². The highest BCUT2D eigenvalue weighted by Gasteiger charge is 2.68. The van der Waals surface area contributed by atoms with Crippen LogP contribution in [0.15, 0.2) is 82.9 Å². The minimum atomic E-state index is -1.78. The zero-order valence-corrected chi connectivity index (χ0v) is 26.5. The van der Waals surface area contributed by atoms with E-state index in [1.807, 2.05) is 6.08 Å². The van der Waals surface area contributed by atoms with Gasteiger partial charge in [0.1, 0.15) is 0 Å². The molecule has 3 fully saturated rings. The zero-order valence-electron chi connectivity index (χ0n) is 25.0. The molecule has 0 bridgehead atoms. The Bertz CT molecular complexity index is 1850. The molecule has 2 aliphatic carbocycles. The molecule has 3 aromatic carbocycles. The molecule has 7 rings (SSSR count). The topological polar surface area (TPSA) is 145 Å². The van der Waals surface area contributed by atoms with E-state index in [4.69, 9.17) is 4.74 Å². The number of hydrogen-bond acceptors (Lipinski definition) is 8. The maximum atomic E-state index is 14.5. The SMILES string of the molecule is COc1cc(Br)cc(C2C3=CCC4C(=O)N(c5cccc(B(O)O)c5)C(=O)C4C3CC3C(=O)N(c4ccccc4)C(=O)C32C)c1O. The number of fused-ring (bicyclic) bond motifs is 4. The molecule has 6 unspecified atom stereocenters. The van der Waals surface area contributed by atoms with Crippen LogP contribution in [-0.2, 0) is 19.2 Å². The zero-order chi connectivity index (χ0) is 32.7. The van der Waals surface area contributed by atoms with Crippen molar-refractivity contribution in [1.29, 1.82) is 0 Å². The van der Waals surface area contributed by atoms with Gasteiger partial charge in [-0.1, -0.05) is 57.9 Å². The molecule has 6 atom stereocenters. The summed E-state index contributed by atoms with van der Waals surface area (Å²) in [5.74, 6) is -5.47. The smallest absolute Gasteiger partial charge is 0.488 e. The van der Waals surface area contributed by atoms with Crippen molar-refractivity contribution in [3.05, 3.63) is 88.4 Å². The number of anilines is 2. The first-order chi connectivity index (χ1) is 22.0. The number of nitrogens with zero attached hydrogens (tertiary/aromatic N) is 2. The summed E-state index contributed by atoms with van der Waals surface area (Å²) in [6.07, 6.45) is 2.27. The van der Waals surface area contributed by atoms with Gasteiger partial charge >= 0.3 is 7.12 Å². The third kappa shape index (κ3) is 4.23. The lowest BCUT2D eigenvalue weighted by molar-refractivity contribution is -0.131. The summed E-state index contributed by atoms with van der Waals surface area (Å²) in [7, 11) is -0.360. The number of halogens is 1. The van der Waals surface area contributed by atoms with E-state index >= 15 is 0 Å². The molecule has 1 saturated carbocycles. The first-order valence-electron chi connectivity index (χ1n) is 15.0. The Labute approximate surface area is 273 Å². The Morgan fingerprint density at radius 1 is 0.891 bits per heavy atom. The molecule has 4 amide bonds. The maximum absolute atomic E-state index is 14.5. The summed E-state index contributed by atoms with van der Waals surface area (Å²) in [6.45, 7) is 1.75. The van der Waals surface area contributed by atoms with Crippen molar-refractivity contribution in [2.45, 2.75) is 25.7 Å². The third-order valence-corrected chi connectivity index (χ3v) is 10.8. The van der Waals surface area contributed by atoms with Gasteiger partial charge in [0, 0.05) is 16.0 Å². The summed E-state index contributed by atoms with van der Waals surface area (Å²) < 4.78 is 6.06. The molecule has 2 saturated heterocycles. The fourth-order valence-electron chi connectivity index (χ4n) is 8.23. The van der Waals surface area contributed by atoms with Crippen LogP contribution < -0.4 is 20.0 Å². The Morgan fingerprint density at radius 2 is 1.61 bits per heavy atom. The predicted molar refractivity (Wildman–Crippen MR) is 172 cm³/mol. The predicted octanol–water partition coefficient (Wildman–Crippen LogP) is 3.28. The largest absolute Gasteiger partial charge is 0.504 e. The summed E-state index contributed by atoms with van der Waals surface area (Å²) in [6, 6.07) is 18.0. The van der Waals surface area contributed by atoms with Crippen molar-refractivity contribution in [3.8, 4) is 11.5 Å². The van der Waals surface area contributed by atoms with Crippen molar-refractivity contribution in [1.82, 2.24) is 0 Å². The van der Waals surface area contributed by atoms with Gasteiger partial charge in [0.2, 0.25) is 23.6 Å². The minimum absolute atomic E-state index is 0.135. The Hall–Kier alpha value is -4.26. The Morgan fingerprint density at radius 3 is 2.30 bits per heavy atom. The molecule has 46 heavy (non-hydrogen) atoms. The molecule has 3 aromatic rings. The van der Waals surface area contributed by atoms with E-state index in [9.17, 15) is 34.3 Å². The van der Waals surface area contributed by atoms with Crippen molar-refractivity contribution in [3.63, 3.8) is 0 Å². The second-order valence-corrected chi connectivity index (χ2v) is 13.4. The van der Waals surface area contributed by atoms with Crippen LogP contribution in [0.3, 0.4) is 0 Å². The van der Waals surface area contributed by atoms with Crippen molar-refractivity contribution >= 4 is 63.5 Å². The van der Waals surface area contributed by atoms with Crippen molar-refractivity contribution in [2.24, 2.45) is 29.1 Å². The Kier molecular flexibility index (Phi) is 7.22. The monoisotopic (exact) mass is 684 g/mol. The number of aromatic hydroxyl groups is 1. The van der Waals surface area contributed by atoms with Gasteiger partial charge in [-0.25, -0.2) is 4.90 Å². The number of allylic oxidation sites excluding steroid dienone is 2. The van der Waals surface area contributed by atoms with E-state index < -0.39 is 65.8 Å². The molecular formula is C34H30BBrN2O8. The standard InChI is InChI=1S/C34H30BBrN2O8/c1-34-25(31(41)38(33(34)43)19-8-4-3-5-9-19)16-23-21(28(34)24-14-18(36)15-26(46-2)29(24)39)11-12-22-27(23)32(42)37(30(22)40)20-10-6-7-17(13-20)35(44)45/h3-11,13-15,22-23,25,27-28,39,44-45H,12,16H2,1-2H3. The molecule has 2 heterocycles. The molecule has 12 heteroatoms. The minimum Gasteiger partial charge on any atom is -0.504 e. The molecule has 2 aliphatic heterocycles. The van der Waals surface area contributed by atoms with Gasteiger partial charge in [-0.05, 0) is 67.5 Å². The van der Waals surface area contributed by atoms with Crippen LogP contribution in [0, 0.1) is 29.1 Å². The molecule has 234 valence electrons. The van der Waals surface area contributed by atoms with Crippen LogP contribution in [0.2, 0.25) is 0 Å². The van der Waals surface area contributed by atoms with Gasteiger partial charge in [-0.2, -0.15) is 0 Å². The van der Waals surface area contributed by atoms with E-state index in [2.05, 4.69) is 15.9 Å². The van der Waals surface area contributed by atoms with Crippen LogP contribution >= 0.6 is 15.9 Å². The lowest BCUT2D eigenvalue weighted by Gasteiger charge is -2.49. The molecular weight excluding hydrogens is 655 g/mol. The second-order valence-electron chi connectivity index (χ2n) is 12.5. The normalized spacial score (nSPS) is 28.5. The number of phenols is 1. The van der Waals surface area contributed by atoms with Crippen LogP contribution in [0.25, 0.3) is 0 Å². The van der Waals surface area contributed by atoms with Gasteiger partial charge in [0.05, 0.1) is 41.7 Å². The van der Waals surface area contributed by atoms with E-state index in [-0.39, 0.29) is 35.5 Å². The number of amides is 4. The number of carbonyl (C=O) groups excluding carboxylic acids is 4. The molecule has 0 spiro atoms. The van der Waals surface area contributed by atoms with Crippen LogP contribution in [0.1, 0.15) is 31.2 Å². The average Bonchev–Trinajstić information content (AvgIpc) is 3.42. The highest BCUT2D eigenvalue weighted by atomic mass is 79.9. The number of ether oxygens (including phenoxy) is 1. The quantitative estimate of drug-likeness (QED) is 0.211. The number of benzene rings is 3. The molecule has 10 nitrogen and oxygen atoms in total. The summed E-state index contributed by atoms with van der Waals surface area (Å²) in [4.78, 5) is 59.2. The highest BCUT2D eigenvalue weighted by Crippen LogP contribution is 2.65. The van der Waals surface area contributed by atoms with Crippen LogP contribution in [0.5, 0.6) is 11.5 Å². The molecule has 4 aliphatic rings. The second kappa shape index (κ2) is 10.9. The first-order valence-corrected chi connectivity index (χ1v) is 15.8.